The van der Waals surface area contributed by atoms with Gasteiger partial charge in [-0.25, -0.2) is 0 Å². The SMILES string of the molecule is COc1ccc(C(/C=C(/Cl)c2ccccc2)c2ccc(OC)cc2)cc1. The highest BCUT2D eigenvalue weighted by molar-refractivity contribution is 6.48. The van der Waals surface area contributed by atoms with Crippen LogP contribution in [0.3, 0.4) is 0 Å². The summed E-state index contributed by atoms with van der Waals surface area (Å²) in [7, 11) is 3.34. The van der Waals surface area contributed by atoms with E-state index in [9.17, 15) is 0 Å². The molecule has 0 unspecified atom stereocenters. The third kappa shape index (κ3) is 4.27. The number of rotatable bonds is 6. The second kappa shape index (κ2) is 8.59. The zero-order valence-electron chi connectivity index (χ0n) is 14.9. The Bertz CT molecular complexity index is 805. The first kappa shape index (κ1) is 18.1. The van der Waals surface area contributed by atoms with Crippen LogP contribution in [0.1, 0.15) is 22.6 Å². The van der Waals surface area contributed by atoms with Crippen molar-refractivity contribution in [3.63, 3.8) is 0 Å². The number of halogens is 1. The zero-order chi connectivity index (χ0) is 18.4. The van der Waals surface area contributed by atoms with Gasteiger partial charge in [-0.05, 0) is 41.0 Å². The van der Waals surface area contributed by atoms with Crippen LogP contribution in [0.2, 0.25) is 0 Å². The third-order valence-electron chi connectivity index (χ3n) is 4.31. The lowest BCUT2D eigenvalue weighted by Gasteiger charge is -2.16. The Morgan fingerprint density at radius 1 is 0.731 bits per heavy atom. The molecule has 0 aliphatic carbocycles. The Labute approximate surface area is 159 Å². The topological polar surface area (TPSA) is 18.5 Å². The Hall–Kier alpha value is -2.71. The van der Waals surface area contributed by atoms with Crippen LogP contribution in [0.4, 0.5) is 0 Å². The van der Waals surface area contributed by atoms with Crippen LogP contribution in [0.5, 0.6) is 11.5 Å². The van der Waals surface area contributed by atoms with Crippen molar-refractivity contribution in [2.24, 2.45) is 0 Å². The monoisotopic (exact) mass is 364 g/mol. The number of hydrogen-bond donors (Lipinski definition) is 0. The molecule has 3 heteroatoms. The van der Waals surface area contributed by atoms with E-state index in [1.165, 1.54) is 0 Å². The molecule has 0 N–H and O–H groups in total. The number of benzene rings is 3. The van der Waals surface area contributed by atoms with Crippen molar-refractivity contribution < 1.29 is 9.47 Å². The fourth-order valence-electron chi connectivity index (χ4n) is 2.85. The summed E-state index contributed by atoms with van der Waals surface area (Å²) in [5.41, 5.74) is 3.29. The Morgan fingerprint density at radius 2 is 1.19 bits per heavy atom. The van der Waals surface area contributed by atoms with Crippen molar-refractivity contribution in [1.82, 2.24) is 0 Å². The normalized spacial score (nSPS) is 11.5. The van der Waals surface area contributed by atoms with Gasteiger partial charge in [0.2, 0.25) is 0 Å². The number of methoxy groups -OCH3 is 2. The molecule has 132 valence electrons. The summed E-state index contributed by atoms with van der Waals surface area (Å²) in [6, 6.07) is 26.1. The fraction of sp³-hybridized carbons (Fsp3) is 0.130. The van der Waals surface area contributed by atoms with Crippen molar-refractivity contribution in [1.29, 1.82) is 0 Å². The standard InChI is InChI=1S/C23H21ClO2/c1-25-20-12-8-17(9-13-20)22(18-10-14-21(26-2)15-11-18)16-23(24)19-6-4-3-5-7-19/h3-16,22H,1-2H3/b23-16+. The lowest BCUT2D eigenvalue weighted by Crippen LogP contribution is -1.99. The molecule has 0 radical (unpaired) electrons. The molecular formula is C23H21ClO2. The minimum Gasteiger partial charge on any atom is -0.497 e. The largest absolute Gasteiger partial charge is 0.497 e. The summed E-state index contributed by atoms with van der Waals surface area (Å²) in [4.78, 5) is 0. The Morgan fingerprint density at radius 3 is 1.62 bits per heavy atom. The second-order valence-electron chi connectivity index (χ2n) is 5.90. The van der Waals surface area contributed by atoms with Crippen molar-refractivity contribution in [3.8, 4) is 11.5 Å². The van der Waals surface area contributed by atoms with Gasteiger partial charge in [-0.2, -0.15) is 0 Å². The van der Waals surface area contributed by atoms with Crippen LogP contribution >= 0.6 is 11.6 Å². The molecule has 0 amide bonds. The van der Waals surface area contributed by atoms with E-state index in [1.54, 1.807) is 14.2 Å². The summed E-state index contributed by atoms with van der Waals surface area (Å²) < 4.78 is 10.6. The first-order chi connectivity index (χ1) is 12.7. The summed E-state index contributed by atoms with van der Waals surface area (Å²) in [5, 5.41) is 0.724. The molecule has 0 aliphatic rings. The average molecular weight is 365 g/mol. The maximum absolute atomic E-state index is 6.63. The first-order valence-electron chi connectivity index (χ1n) is 8.42. The number of ether oxygens (including phenoxy) is 2. The van der Waals surface area contributed by atoms with Crippen LogP contribution in [0, 0.1) is 0 Å². The highest BCUT2D eigenvalue weighted by Gasteiger charge is 2.14. The predicted molar refractivity (Wildman–Crippen MR) is 108 cm³/mol. The van der Waals surface area contributed by atoms with Gasteiger partial charge in [0.15, 0.2) is 0 Å². The minimum absolute atomic E-state index is 0.0273. The summed E-state index contributed by atoms with van der Waals surface area (Å²) >= 11 is 6.63. The van der Waals surface area contributed by atoms with E-state index < -0.39 is 0 Å². The van der Waals surface area contributed by atoms with E-state index >= 15 is 0 Å². The molecule has 0 heterocycles. The van der Waals surface area contributed by atoms with Crippen LogP contribution in [-0.2, 0) is 0 Å². The molecule has 3 aromatic carbocycles. The fourth-order valence-corrected chi connectivity index (χ4v) is 3.10. The quantitative estimate of drug-likeness (QED) is 0.525. The van der Waals surface area contributed by atoms with E-state index in [-0.39, 0.29) is 5.92 Å². The van der Waals surface area contributed by atoms with E-state index in [0.717, 1.165) is 33.2 Å². The van der Waals surface area contributed by atoms with Gasteiger partial charge in [-0.3, -0.25) is 0 Å². The van der Waals surface area contributed by atoms with Gasteiger partial charge in [0.1, 0.15) is 11.5 Å². The minimum atomic E-state index is 0.0273. The number of hydrogen-bond acceptors (Lipinski definition) is 2. The first-order valence-corrected chi connectivity index (χ1v) is 8.79. The molecule has 3 rings (SSSR count). The maximum Gasteiger partial charge on any atom is 0.118 e. The van der Waals surface area contributed by atoms with Gasteiger partial charge >= 0.3 is 0 Å². The van der Waals surface area contributed by atoms with E-state index in [1.807, 2.05) is 54.6 Å². The van der Waals surface area contributed by atoms with Gasteiger partial charge in [0.25, 0.3) is 0 Å². The lowest BCUT2D eigenvalue weighted by molar-refractivity contribution is 0.414. The van der Waals surface area contributed by atoms with E-state index in [2.05, 4.69) is 30.3 Å². The molecular weight excluding hydrogens is 344 g/mol. The van der Waals surface area contributed by atoms with Crippen molar-refractivity contribution >= 4 is 16.6 Å². The summed E-state index contributed by atoms with van der Waals surface area (Å²) in [5.74, 6) is 1.69. The smallest absolute Gasteiger partial charge is 0.118 e. The van der Waals surface area contributed by atoms with E-state index in [0.29, 0.717) is 0 Å². The summed E-state index contributed by atoms with van der Waals surface area (Å²) in [6.45, 7) is 0. The van der Waals surface area contributed by atoms with Crippen LogP contribution in [0.15, 0.2) is 84.9 Å². The average Bonchev–Trinajstić information content (AvgIpc) is 2.73. The summed E-state index contributed by atoms with van der Waals surface area (Å²) in [6.07, 6.45) is 2.08. The van der Waals surface area contributed by atoms with Crippen molar-refractivity contribution in [3.05, 3.63) is 102 Å². The van der Waals surface area contributed by atoms with Crippen LogP contribution in [0.25, 0.3) is 5.03 Å². The molecule has 0 aromatic heterocycles. The highest BCUT2D eigenvalue weighted by atomic mass is 35.5. The van der Waals surface area contributed by atoms with Gasteiger partial charge < -0.3 is 9.47 Å². The molecule has 0 bridgehead atoms. The van der Waals surface area contributed by atoms with Gasteiger partial charge in [0, 0.05) is 11.0 Å². The molecule has 0 atom stereocenters. The predicted octanol–water partition coefficient (Wildman–Crippen LogP) is 6.12. The Balaban J connectivity index is 2.02. The molecule has 0 spiro atoms. The highest BCUT2D eigenvalue weighted by Crippen LogP contribution is 2.33. The molecule has 0 saturated carbocycles. The van der Waals surface area contributed by atoms with Gasteiger partial charge in [-0.1, -0.05) is 72.3 Å². The molecule has 2 nitrogen and oxygen atoms in total. The second-order valence-corrected chi connectivity index (χ2v) is 6.31. The molecule has 0 saturated heterocycles. The maximum atomic E-state index is 6.63. The third-order valence-corrected chi connectivity index (χ3v) is 4.66. The van der Waals surface area contributed by atoms with Crippen LogP contribution < -0.4 is 9.47 Å². The van der Waals surface area contributed by atoms with Gasteiger partial charge in [-0.15, -0.1) is 0 Å². The number of allylic oxidation sites excluding steroid dienone is 1. The molecule has 0 aliphatic heterocycles. The molecule has 26 heavy (non-hydrogen) atoms. The zero-order valence-corrected chi connectivity index (χ0v) is 15.6. The molecule has 3 aromatic rings. The van der Waals surface area contributed by atoms with Crippen molar-refractivity contribution in [2.45, 2.75) is 5.92 Å². The van der Waals surface area contributed by atoms with Crippen LogP contribution in [-0.4, -0.2) is 14.2 Å². The van der Waals surface area contributed by atoms with E-state index in [4.69, 9.17) is 21.1 Å². The Kier molecular flexibility index (Phi) is 5.98. The lowest BCUT2D eigenvalue weighted by atomic mass is 9.90. The van der Waals surface area contributed by atoms with Crippen molar-refractivity contribution in [2.75, 3.05) is 14.2 Å². The van der Waals surface area contributed by atoms with Gasteiger partial charge in [0.05, 0.1) is 14.2 Å². The molecule has 0 fully saturated rings.